The Balaban J connectivity index is 2.31. The molecule has 0 saturated carbocycles. The van der Waals surface area contributed by atoms with Crippen molar-refractivity contribution in [1.82, 2.24) is 9.55 Å². The number of aryl methyl sites for hydroxylation is 1. The van der Waals surface area contributed by atoms with Crippen LogP contribution in [0.3, 0.4) is 0 Å². The van der Waals surface area contributed by atoms with Crippen LogP contribution in [0, 0.1) is 0 Å². The third-order valence-electron chi connectivity index (χ3n) is 4.52. The van der Waals surface area contributed by atoms with Gasteiger partial charge in [0.25, 0.3) is 5.56 Å². The van der Waals surface area contributed by atoms with E-state index in [0.717, 1.165) is 30.1 Å². The average Bonchev–Trinajstić information content (AvgIpc) is 2.71. The Kier molecular flexibility index (Phi) is 5.64. The molecule has 0 bridgehead atoms. The SMILES string of the molecule is CCCCc1nc2cc(OC)cc(OC)c2c(=O)n1-c1ccc(OC)cc1. The predicted octanol–water partition coefficient (Wildman–Crippen LogP) is 3.75. The van der Waals surface area contributed by atoms with Crippen LogP contribution in [0.15, 0.2) is 41.2 Å². The zero-order valence-corrected chi connectivity index (χ0v) is 16.1. The minimum absolute atomic E-state index is 0.157. The molecular weight excluding hydrogens is 344 g/mol. The number of aromatic nitrogens is 2. The third kappa shape index (κ3) is 3.60. The number of ether oxygens (including phenoxy) is 3. The summed E-state index contributed by atoms with van der Waals surface area (Å²) >= 11 is 0. The fourth-order valence-corrected chi connectivity index (χ4v) is 3.08. The summed E-state index contributed by atoms with van der Waals surface area (Å²) in [6.07, 6.45) is 2.65. The molecule has 27 heavy (non-hydrogen) atoms. The fraction of sp³-hybridized carbons (Fsp3) is 0.333. The van der Waals surface area contributed by atoms with Crippen molar-refractivity contribution in [3.63, 3.8) is 0 Å². The smallest absolute Gasteiger partial charge is 0.269 e. The molecule has 0 N–H and O–H groups in total. The molecule has 0 radical (unpaired) electrons. The zero-order chi connectivity index (χ0) is 19.4. The molecule has 6 heteroatoms. The monoisotopic (exact) mass is 368 g/mol. The summed E-state index contributed by atoms with van der Waals surface area (Å²) in [6, 6.07) is 10.9. The average molecular weight is 368 g/mol. The number of unbranched alkanes of at least 4 members (excludes halogenated alkanes) is 1. The highest BCUT2D eigenvalue weighted by Gasteiger charge is 2.17. The summed E-state index contributed by atoms with van der Waals surface area (Å²) in [5.41, 5.74) is 1.17. The van der Waals surface area contributed by atoms with Crippen molar-refractivity contribution < 1.29 is 14.2 Å². The van der Waals surface area contributed by atoms with Crippen LogP contribution in [-0.2, 0) is 6.42 Å². The van der Waals surface area contributed by atoms with Gasteiger partial charge in [-0.25, -0.2) is 4.98 Å². The topological polar surface area (TPSA) is 62.6 Å². The van der Waals surface area contributed by atoms with Gasteiger partial charge in [0.1, 0.15) is 28.5 Å². The van der Waals surface area contributed by atoms with Crippen LogP contribution >= 0.6 is 0 Å². The Morgan fingerprint density at radius 1 is 0.963 bits per heavy atom. The lowest BCUT2D eigenvalue weighted by Gasteiger charge is -2.16. The third-order valence-corrected chi connectivity index (χ3v) is 4.52. The summed E-state index contributed by atoms with van der Waals surface area (Å²) in [5, 5.41) is 0.439. The van der Waals surface area contributed by atoms with Crippen molar-refractivity contribution in [2.45, 2.75) is 26.2 Å². The van der Waals surface area contributed by atoms with Crippen molar-refractivity contribution in [3.8, 4) is 22.9 Å². The van der Waals surface area contributed by atoms with E-state index in [1.54, 1.807) is 30.9 Å². The Morgan fingerprint density at radius 2 is 1.67 bits per heavy atom. The lowest BCUT2D eigenvalue weighted by atomic mass is 10.1. The van der Waals surface area contributed by atoms with Gasteiger partial charge in [0, 0.05) is 18.6 Å². The lowest BCUT2D eigenvalue weighted by molar-refractivity contribution is 0.397. The van der Waals surface area contributed by atoms with E-state index >= 15 is 0 Å². The molecule has 1 heterocycles. The molecular formula is C21H24N2O4. The highest BCUT2D eigenvalue weighted by atomic mass is 16.5. The van der Waals surface area contributed by atoms with Crippen LogP contribution in [-0.4, -0.2) is 30.9 Å². The number of methoxy groups -OCH3 is 3. The second-order valence-electron chi connectivity index (χ2n) is 6.19. The molecule has 0 spiro atoms. The van der Waals surface area contributed by atoms with E-state index in [1.165, 1.54) is 7.11 Å². The molecule has 0 amide bonds. The summed E-state index contributed by atoms with van der Waals surface area (Å²) in [7, 11) is 4.73. The molecule has 2 aromatic carbocycles. The van der Waals surface area contributed by atoms with Crippen LogP contribution in [0.5, 0.6) is 17.2 Å². The number of nitrogens with zero attached hydrogens (tertiary/aromatic N) is 2. The fourth-order valence-electron chi connectivity index (χ4n) is 3.08. The van der Waals surface area contributed by atoms with Crippen LogP contribution < -0.4 is 19.8 Å². The number of hydrogen-bond acceptors (Lipinski definition) is 5. The van der Waals surface area contributed by atoms with Gasteiger partial charge in [-0.1, -0.05) is 13.3 Å². The molecule has 0 aliphatic carbocycles. The maximum Gasteiger partial charge on any atom is 0.269 e. The van der Waals surface area contributed by atoms with E-state index in [9.17, 15) is 4.79 Å². The van der Waals surface area contributed by atoms with Gasteiger partial charge in [0.2, 0.25) is 0 Å². The van der Waals surface area contributed by atoms with E-state index in [1.807, 2.05) is 24.3 Å². The highest BCUT2D eigenvalue weighted by molar-refractivity contribution is 5.86. The van der Waals surface area contributed by atoms with Gasteiger partial charge >= 0.3 is 0 Å². The van der Waals surface area contributed by atoms with Crippen molar-refractivity contribution in [2.75, 3.05) is 21.3 Å². The normalized spacial score (nSPS) is 10.8. The first kappa shape index (κ1) is 18.8. The Bertz CT molecular complexity index is 994. The maximum absolute atomic E-state index is 13.4. The number of hydrogen-bond donors (Lipinski definition) is 0. The first-order valence-electron chi connectivity index (χ1n) is 8.95. The lowest BCUT2D eigenvalue weighted by Crippen LogP contribution is -2.24. The highest BCUT2D eigenvalue weighted by Crippen LogP contribution is 2.29. The number of rotatable bonds is 7. The van der Waals surface area contributed by atoms with Gasteiger partial charge in [-0.2, -0.15) is 0 Å². The molecule has 0 aliphatic heterocycles. The van der Waals surface area contributed by atoms with E-state index in [0.29, 0.717) is 28.8 Å². The summed E-state index contributed by atoms with van der Waals surface area (Å²) < 4.78 is 17.7. The van der Waals surface area contributed by atoms with E-state index in [2.05, 4.69) is 6.92 Å². The molecule has 0 fully saturated rings. The van der Waals surface area contributed by atoms with Crippen molar-refractivity contribution in [1.29, 1.82) is 0 Å². The van der Waals surface area contributed by atoms with Crippen molar-refractivity contribution >= 4 is 10.9 Å². The van der Waals surface area contributed by atoms with Gasteiger partial charge in [-0.15, -0.1) is 0 Å². The second kappa shape index (κ2) is 8.12. The Morgan fingerprint density at radius 3 is 2.26 bits per heavy atom. The molecule has 6 nitrogen and oxygen atoms in total. The molecule has 0 aliphatic rings. The Hall–Kier alpha value is -3.02. The molecule has 142 valence electrons. The number of benzene rings is 2. The first-order chi connectivity index (χ1) is 13.1. The van der Waals surface area contributed by atoms with Crippen LogP contribution in [0.2, 0.25) is 0 Å². The summed E-state index contributed by atoms with van der Waals surface area (Å²) in [5.74, 6) is 2.51. The second-order valence-corrected chi connectivity index (χ2v) is 6.19. The molecule has 0 unspecified atom stereocenters. The largest absolute Gasteiger partial charge is 0.497 e. The maximum atomic E-state index is 13.4. The van der Waals surface area contributed by atoms with Crippen LogP contribution in [0.1, 0.15) is 25.6 Å². The Labute approximate surface area is 158 Å². The summed E-state index contributed by atoms with van der Waals surface area (Å²) in [6.45, 7) is 2.11. The standard InChI is InChI=1S/C21H24N2O4/c1-5-6-7-19-22-17-12-16(26-3)13-18(27-4)20(17)21(24)23(19)14-8-10-15(25-2)11-9-14/h8-13H,5-7H2,1-4H3. The minimum Gasteiger partial charge on any atom is -0.497 e. The van der Waals surface area contributed by atoms with Crippen LogP contribution in [0.25, 0.3) is 16.6 Å². The summed E-state index contributed by atoms with van der Waals surface area (Å²) in [4.78, 5) is 18.2. The van der Waals surface area contributed by atoms with Gasteiger partial charge in [0.15, 0.2) is 0 Å². The molecule has 3 rings (SSSR count). The van der Waals surface area contributed by atoms with E-state index in [4.69, 9.17) is 19.2 Å². The first-order valence-corrected chi connectivity index (χ1v) is 8.95. The molecule has 0 atom stereocenters. The van der Waals surface area contributed by atoms with E-state index < -0.39 is 0 Å². The quantitative estimate of drug-likeness (QED) is 0.635. The minimum atomic E-state index is -0.157. The van der Waals surface area contributed by atoms with Crippen LogP contribution in [0.4, 0.5) is 0 Å². The van der Waals surface area contributed by atoms with Gasteiger partial charge < -0.3 is 14.2 Å². The number of fused-ring (bicyclic) bond motifs is 1. The molecule has 0 saturated heterocycles. The molecule has 3 aromatic rings. The zero-order valence-electron chi connectivity index (χ0n) is 16.1. The predicted molar refractivity (Wildman–Crippen MR) is 106 cm³/mol. The van der Waals surface area contributed by atoms with E-state index in [-0.39, 0.29) is 5.56 Å². The molecule has 1 aromatic heterocycles. The van der Waals surface area contributed by atoms with Crippen molar-refractivity contribution in [2.24, 2.45) is 0 Å². The van der Waals surface area contributed by atoms with Gasteiger partial charge in [0.05, 0.1) is 32.5 Å². The van der Waals surface area contributed by atoms with Gasteiger partial charge in [-0.3, -0.25) is 9.36 Å². The van der Waals surface area contributed by atoms with Crippen molar-refractivity contribution in [3.05, 3.63) is 52.6 Å². The van der Waals surface area contributed by atoms with Gasteiger partial charge in [-0.05, 0) is 30.7 Å².